The molecule has 0 saturated carbocycles. The molecule has 2 aromatic carbocycles. The van der Waals surface area contributed by atoms with Crippen molar-refractivity contribution in [3.63, 3.8) is 0 Å². The normalized spacial score (nSPS) is 17.5. The van der Waals surface area contributed by atoms with Crippen molar-refractivity contribution in [2.75, 3.05) is 13.1 Å². The summed E-state index contributed by atoms with van der Waals surface area (Å²) in [4.78, 5) is 50.2. The lowest BCUT2D eigenvalue weighted by atomic mass is 9.72. The standard InChI is InChI=1S/C21H20BClN4O9/c23-14-10(4-5-12(28)16(14)29)15(26-21(34)27-7-6-24-20(27)33)18(30)25-13-8-9-2-1-3-11(19(31)32)17(9)36-22(13)35/h1-5,13,15,28-29,35H,6-8H2,(H,24,33)(H,25,30)(H,26,34)(H,31,32)/t13-,15?/m0/s1. The van der Waals surface area contributed by atoms with Crippen molar-refractivity contribution in [2.24, 2.45) is 0 Å². The van der Waals surface area contributed by atoms with Crippen molar-refractivity contribution in [2.45, 2.75) is 18.4 Å². The number of phenolic OH excluding ortho intramolecular Hbond substituents is 2. The molecule has 188 valence electrons. The molecule has 13 nitrogen and oxygen atoms in total. The first kappa shape index (κ1) is 24.9. The molecule has 2 aliphatic rings. The van der Waals surface area contributed by atoms with E-state index in [4.69, 9.17) is 16.3 Å². The van der Waals surface area contributed by atoms with E-state index in [1.165, 1.54) is 18.2 Å². The van der Waals surface area contributed by atoms with E-state index in [1.54, 1.807) is 6.07 Å². The summed E-state index contributed by atoms with van der Waals surface area (Å²) < 4.78 is 5.37. The highest BCUT2D eigenvalue weighted by Gasteiger charge is 2.40. The number of aromatic carboxylic acids is 1. The zero-order valence-corrected chi connectivity index (χ0v) is 19.2. The molecule has 0 radical (unpaired) electrons. The third kappa shape index (κ3) is 4.68. The van der Waals surface area contributed by atoms with Gasteiger partial charge in [0, 0.05) is 18.7 Å². The van der Waals surface area contributed by atoms with Gasteiger partial charge in [0.05, 0.1) is 16.5 Å². The minimum absolute atomic E-state index is 0.00683. The van der Waals surface area contributed by atoms with Crippen molar-refractivity contribution in [3.05, 3.63) is 52.0 Å². The Hall–Kier alpha value is -4.17. The number of carboxylic acids is 1. The van der Waals surface area contributed by atoms with Gasteiger partial charge >= 0.3 is 25.1 Å². The second kappa shape index (κ2) is 9.83. The molecule has 2 heterocycles. The molecule has 0 aromatic heterocycles. The number of rotatable bonds is 5. The van der Waals surface area contributed by atoms with Crippen LogP contribution in [0.2, 0.25) is 5.02 Å². The Morgan fingerprint density at radius 1 is 1.22 bits per heavy atom. The van der Waals surface area contributed by atoms with Crippen LogP contribution < -0.4 is 20.6 Å². The van der Waals surface area contributed by atoms with Gasteiger partial charge in [-0.3, -0.25) is 4.79 Å². The molecular weight excluding hydrogens is 499 g/mol. The predicted molar refractivity (Wildman–Crippen MR) is 124 cm³/mol. The van der Waals surface area contributed by atoms with Crippen LogP contribution in [0.5, 0.6) is 17.2 Å². The zero-order chi connectivity index (χ0) is 26.1. The molecule has 0 aliphatic carbocycles. The maximum atomic E-state index is 13.3. The predicted octanol–water partition coefficient (Wildman–Crippen LogP) is 0.365. The van der Waals surface area contributed by atoms with Gasteiger partial charge in [-0.25, -0.2) is 19.3 Å². The van der Waals surface area contributed by atoms with Crippen molar-refractivity contribution >= 4 is 42.7 Å². The maximum absolute atomic E-state index is 13.3. The van der Waals surface area contributed by atoms with Crippen LogP contribution >= 0.6 is 11.6 Å². The number of urea groups is 2. The van der Waals surface area contributed by atoms with Crippen LogP contribution in [0.15, 0.2) is 30.3 Å². The molecular formula is C21H20BClN4O9. The summed E-state index contributed by atoms with van der Waals surface area (Å²) >= 11 is 6.13. The lowest BCUT2D eigenvalue weighted by molar-refractivity contribution is -0.123. The number of carbonyl (C=O) groups excluding carboxylic acids is 3. The van der Waals surface area contributed by atoms with E-state index < -0.39 is 59.6 Å². The molecule has 1 fully saturated rings. The number of amides is 5. The van der Waals surface area contributed by atoms with E-state index in [1.807, 2.05) is 0 Å². The lowest BCUT2D eigenvalue weighted by Gasteiger charge is -2.30. The van der Waals surface area contributed by atoms with E-state index >= 15 is 0 Å². The Labute approximate surface area is 208 Å². The first-order chi connectivity index (χ1) is 17.1. The number of phenols is 2. The minimum Gasteiger partial charge on any atom is -0.534 e. The number of fused-ring (bicyclic) bond motifs is 1. The van der Waals surface area contributed by atoms with Crippen LogP contribution in [-0.4, -0.2) is 75.3 Å². The zero-order valence-electron chi connectivity index (χ0n) is 18.4. The third-order valence-electron chi connectivity index (χ3n) is 5.74. The van der Waals surface area contributed by atoms with Crippen molar-refractivity contribution in [1.82, 2.24) is 20.9 Å². The molecule has 2 atom stereocenters. The smallest absolute Gasteiger partial charge is 0.534 e. The summed E-state index contributed by atoms with van der Waals surface area (Å²) in [7, 11) is -1.63. The SMILES string of the molecule is O=C(O)c1cccc2c1OB(O)[C@@H](NC(=O)C(NC(=O)N1CCNC1=O)c1ccc(O)c(O)c1Cl)C2. The first-order valence-corrected chi connectivity index (χ1v) is 11.0. The number of aromatic hydroxyl groups is 2. The van der Waals surface area contributed by atoms with Crippen LogP contribution in [0.4, 0.5) is 9.59 Å². The number of carbonyl (C=O) groups is 4. The summed E-state index contributed by atoms with van der Waals surface area (Å²) in [6.45, 7) is 0.263. The average molecular weight is 519 g/mol. The van der Waals surface area contributed by atoms with Crippen LogP contribution in [0.3, 0.4) is 0 Å². The molecule has 15 heteroatoms. The fourth-order valence-corrected chi connectivity index (χ4v) is 4.20. The molecule has 1 unspecified atom stereocenters. The molecule has 7 N–H and O–H groups in total. The maximum Gasteiger partial charge on any atom is 0.547 e. The Morgan fingerprint density at radius 3 is 2.64 bits per heavy atom. The lowest BCUT2D eigenvalue weighted by Crippen LogP contribution is -2.56. The Kier molecular flexibility index (Phi) is 6.81. The quantitative estimate of drug-likeness (QED) is 0.216. The van der Waals surface area contributed by atoms with Gasteiger partial charge in [0.15, 0.2) is 11.5 Å². The van der Waals surface area contributed by atoms with Gasteiger partial charge in [-0.05, 0) is 24.1 Å². The summed E-state index contributed by atoms with van der Waals surface area (Å²) in [6.07, 6.45) is -0.00683. The number of carboxylic acid groups (broad SMARTS) is 1. The van der Waals surface area contributed by atoms with Gasteiger partial charge in [-0.2, -0.15) is 0 Å². The van der Waals surface area contributed by atoms with Crippen LogP contribution in [0.25, 0.3) is 0 Å². The van der Waals surface area contributed by atoms with Gasteiger partial charge in [0.25, 0.3) is 0 Å². The molecule has 5 amide bonds. The van der Waals surface area contributed by atoms with Gasteiger partial charge in [-0.1, -0.05) is 29.8 Å². The number of imide groups is 1. The molecule has 4 rings (SSSR count). The van der Waals surface area contributed by atoms with E-state index in [0.29, 0.717) is 5.56 Å². The highest BCUT2D eigenvalue weighted by Crippen LogP contribution is 2.38. The first-order valence-electron chi connectivity index (χ1n) is 10.6. The van der Waals surface area contributed by atoms with Crippen LogP contribution in [0, 0.1) is 0 Å². The summed E-state index contributed by atoms with van der Waals surface area (Å²) in [5.74, 6) is -4.52. The van der Waals surface area contributed by atoms with Crippen LogP contribution in [0.1, 0.15) is 27.5 Å². The van der Waals surface area contributed by atoms with E-state index in [2.05, 4.69) is 16.0 Å². The summed E-state index contributed by atoms with van der Waals surface area (Å²) in [5.41, 5.74) is 0.161. The van der Waals surface area contributed by atoms with Gasteiger partial charge in [0.1, 0.15) is 11.8 Å². The van der Waals surface area contributed by atoms with Gasteiger partial charge < -0.3 is 40.9 Å². The second-order valence-corrected chi connectivity index (χ2v) is 8.41. The van der Waals surface area contributed by atoms with Gasteiger partial charge in [0.2, 0.25) is 5.91 Å². The van der Waals surface area contributed by atoms with Crippen molar-refractivity contribution < 1.29 is 44.2 Å². The number of halogens is 1. The van der Waals surface area contributed by atoms with E-state index in [0.717, 1.165) is 11.0 Å². The van der Waals surface area contributed by atoms with Crippen LogP contribution in [-0.2, 0) is 11.2 Å². The highest BCUT2D eigenvalue weighted by atomic mass is 35.5. The highest BCUT2D eigenvalue weighted by molar-refractivity contribution is 6.47. The summed E-state index contributed by atoms with van der Waals surface area (Å²) in [6, 6.07) is 3.48. The number of hydrogen-bond donors (Lipinski definition) is 7. The topological polar surface area (TPSA) is 198 Å². The fourth-order valence-electron chi connectivity index (χ4n) is 3.93. The fraction of sp³-hybridized carbons (Fsp3) is 0.238. The number of para-hydroxylation sites is 1. The number of hydrogen-bond acceptors (Lipinski definition) is 8. The molecule has 0 spiro atoms. The number of nitrogens with one attached hydrogen (secondary N) is 3. The van der Waals surface area contributed by atoms with E-state index in [-0.39, 0.29) is 36.4 Å². The largest absolute Gasteiger partial charge is 0.547 e. The van der Waals surface area contributed by atoms with E-state index in [9.17, 15) is 39.5 Å². The number of nitrogens with zero attached hydrogens (tertiary/aromatic N) is 1. The Balaban J connectivity index is 1.61. The van der Waals surface area contributed by atoms with Crippen molar-refractivity contribution in [3.8, 4) is 17.2 Å². The van der Waals surface area contributed by atoms with Crippen molar-refractivity contribution in [1.29, 1.82) is 0 Å². The third-order valence-corrected chi connectivity index (χ3v) is 6.14. The number of benzene rings is 2. The minimum atomic E-state index is -1.63. The Bertz CT molecular complexity index is 1260. The molecule has 2 aliphatic heterocycles. The monoisotopic (exact) mass is 518 g/mol. The molecule has 36 heavy (non-hydrogen) atoms. The molecule has 1 saturated heterocycles. The van der Waals surface area contributed by atoms with Gasteiger partial charge in [-0.15, -0.1) is 0 Å². The molecule has 2 aromatic rings. The summed E-state index contributed by atoms with van der Waals surface area (Å²) in [5, 5.41) is 46.5. The average Bonchev–Trinajstić information content (AvgIpc) is 3.27. The second-order valence-electron chi connectivity index (χ2n) is 8.03. The Morgan fingerprint density at radius 2 is 1.97 bits per heavy atom. The molecule has 0 bridgehead atoms.